The molecule has 21 heavy (non-hydrogen) atoms. The first-order valence-corrected chi connectivity index (χ1v) is 7.27. The molecule has 1 aliphatic carbocycles. The van der Waals surface area contributed by atoms with Crippen LogP contribution in [0.25, 0.3) is 0 Å². The normalized spacial score (nSPS) is 17.4. The van der Waals surface area contributed by atoms with Gasteiger partial charge in [-0.15, -0.1) is 0 Å². The third kappa shape index (κ3) is 4.25. The molecule has 1 unspecified atom stereocenters. The van der Waals surface area contributed by atoms with Crippen molar-refractivity contribution in [3.8, 4) is 0 Å². The van der Waals surface area contributed by atoms with E-state index in [1.807, 2.05) is 0 Å². The molecule has 1 amide bonds. The van der Waals surface area contributed by atoms with Gasteiger partial charge in [-0.1, -0.05) is 19.3 Å². The number of hydrogen-bond donors (Lipinski definition) is 2. The highest BCUT2D eigenvalue weighted by molar-refractivity contribution is 5.76. The molecule has 1 fully saturated rings. The van der Waals surface area contributed by atoms with Crippen LogP contribution in [-0.4, -0.2) is 33.2 Å². The van der Waals surface area contributed by atoms with Crippen molar-refractivity contribution < 1.29 is 9.72 Å². The second-order valence-corrected chi connectivity index (χ2v) is 5.44. The van der Waals surface area contributed by atoms with Crippen LogP contribution in [0, 0.1) is 16.0 Å². The molecule has 1 aromatic heterocycles. The molecule has 0 aliphatic heterocycles. The minimum Gasteiger partial charge on any atom is -0.358 e. The van der Waals surface area contributed by atoms with Crippen LogP contribution in [-0.2, 0) is 11.3 Å². The summed E-state index contributed by atoms with van der Waals surface area (Å²) in [4.78, 5) is 22.0. The van der Waals surface area contributed by atoms with Gasteiger partial charge in [-0.05, 0) is 23.7 Å². The van der Waals surface area contributed by atoms with Gasteiger partial charge in [-0.3, -0.25) is 4.79 Å². The van der Waals surface area contributed by atoms with Gasteiger partial charge in [0.25, 0.3) is 0 Å². The van der Waals surface area contributed by atoms with Crippen LogP contribution in [0.15, 0.2) is 12.3 Å². The summed E-state index contributed by atoms with van der Waals surface area (Å²) in [5.74, 6) is -0.0425. The van der Waals surface area contributed by atoms with Gasteiger partial charge in [0.15, 0.2) is 0 Å². The van der Waals surface area contributed by atoms with E-state index in [4.69, 9.17) is 5.73 Å². The van der Waals surface area contributed by atoms with Crippen molar-refractivity contribution in [1.29, 1.82) is 0 Å². The van der Waals surface area contributed by atoms with Gasteiger partial charge in [0, 0.05) is 12.6 Å². The maximum Gasteiger partial charge on any atom is 0.389 e. The van der Waals surface area contributed by atoms with Gasteiger partial charge < -0.3 is 21.2 Å². The fraction of sp³-hybridized carbons (Fsp3) is 0.692. The Morgan fingerprint density at radius 2 is 2.24 bits per heavy atom. The number of nitrogens with two attached hydrogens (primary N) is 1. The third-order valence-electron chi connectivity index (χ3n) is 3.94. The number of nitrogens with one attached hydrogen (secondary N) is 1. The minimum atomic E-state index is -0.584. The SMILES string of the molecule is NCC(NC(=O)Cn1ccc([N+](=O)[O-])n1)C1CCCCC1. The number of carbonyl (C=O) groups is 1. The first-order valence-electron chi connectivity index (χ1n) is 7.27. The van der Waals surface area contributed by atoms with Crippen LogP contribution in [0.5, 0.6) is 0 Å². The summed E-state index contributed by atoms with van der Waals surface area (Å²) < 4.78 is 1.27. The van der Waals surface area contributed by atoms with Crippen LogP contribution < -0.4 is 11.1 Å². The summed E-state index contributed by atoms with van der Waals surface area (Å²) >= 11 is 0. The second kappa shape index (κ2) is 7.16. The first kappa shape index (κ1) is 15.4. The molecule has 8 nitrogen and oxygen atoms in total. The summed E-state index contributed by atoms with van der Waals surface area (Å²) in [5, 5.41) is 17.2. The molecular weight excluding hydrogens is 274 g/mol. The lowest BCUT2D eigenvalue weighted by Gasteiger charge is -2.29. The number of amides is 1. The van der Waals surface area contributed by atoms with Crippen molar-refractivity contribution >= 4 is 11.7 Å². The lowest BCUT2D eigenvalue weighted by Crippen LogP contribution is -2.47. The lowest BCUT2D eigenvalue weighted by atomic mass is 9.84. The monoisotopic (exact) mass is 295 g/mol. The zero-order valence-corrected chi connectivity index (χ0v) is 11.9. The number of hydrogen-bond acceptors (Lipinski definition) is 5. The Morgan fingerprint density at radius 1 is 1.52 bits per heavy atom. The minimum absolute atomic E-state index is 0.0247. The Balaban J connectivity index is 1.88. The van der Waals surface area contributed by atoms with E-state index >= 15 is 0 Å². The molecule has 1 aliphatic rings. The fourth-order valence-electron chi connectivity index (χ4n) is 2.84. The first-order chi connectivity index (χ1) is 10.1. The Bertz CT molecular complexity index is 496. The Hall–Kier alpha value is -1.96. The molecule has 116 valence electrons. The van der Waals surface area contributed by atoms with E-state index in [1.54, 1.807) is 0 Å². The smallest absolute Gasteiger partial charge is 0.358 e. The van der Waals surface area contributed by atoms with E-state index in [0.717, 1.165) is 12.8 Å². The highest BCUT2D eigenvalue weighted by Crippen LogP contribution is 2.26. The van der Waals surface area contributed by atoms with Gasteiger partial charge in [-0.2, -0.15) is 4.68 Å². The van der Waals surface area contributed by atoms with Crippen molar-refractivity contribution in [2.24, 2.45) is 11.7 Å². The van der Waals surface area contributed by atoms with E-state index in [1.165, 1.54) is 36.2 Å². The largest absolute Gasteiger partial charge is 0.389 e. The maximum atomic E-state index is 12.0. The van der Waals surface area contributed by atoms with Crippen molar-refractivity contribution in [2.45, 2.75) is 44.7 Å². The maximum absolute atomic E-state index is 12.0. The van der Waals surface area contributed by atoms with Crippen LogP contribution in [0.3, 0.4) is 0 Å². The van der Waals surface area contributed by atoms with E-state index in [-0.39, 0.29) is 24.3 Å². The van der Waals surface area contributed by atoms with E-state index in [9.17, 15) is 14.9 Å². The summed E-state index contributed by atoms with van der Waals surface area (Å²) in [5.41, 5.74) is 5.76. The molecule has 8 heteroatoms. The second-order valence-electron chi connectivity index (χ2n) is 5.44. The molecule has 0 radical (unpaired) electrons. The Labute approximate surface area is 122 Å². The molecule has 0 spiro atoms. The standard InChI is InChI=1S/C13H21N5O3/c14-8-11(10-4-2-1-3-5-10)15-13(19)9-17-7-6-12(16-17)18(20)21/h6-7,10-11H,1-5,8-9,14H2,(H,15,19). The summed E-state index contributed by atoms with van der Waals surface area (Å²) in [6.45, 7) is 0.382. The summed E-state index contributed by atoms with van der Waals surface area (Å²) in [7, 11) is 0. The fourth-order valence-corrected chi connectivity index (χ4v) is 2.84. The van der Waals surface area contributed by atoms with Gasteiger partial charge in [-0.25, -0.2) is 0 Å². The predicted octanol–water partition coefficient (Wildman–Crippen LogP) is 0.815. The van der Waals surface area contributed by atoms with Crippen molar-refractivity contribution in [2.75, 3.05) is 6.54 Å². The van der Waals surface area contributed by atoms with Crippen molar-refractivity contribution in [3.05, 3.63) is 22.4 Å². The molecule has 3 N–H and O–H groups in total. The van der Waals surface area contributed by atoms with Crippen LogP contribution in [0.4, 0.5) is 5.82 Å². The number of nitrogens with zero attached hydrogens (tertiary/aromatic N) is 3. The number of nitro groups is 1. The third-order valence-corrected chi connectivity index (χ3v) is 3.94. The molecule has 1 saturated carbocycles. The summed E-state index contributed by atoms with van der Waals surface area (Å²) in [6, 6.07) is 1.25. The van der Waals surface area contributed by atoms with E-state index in [0.29, 0.717) is 12.5 Å². The van der Waals surface area contributed by atoms with Gasteiger partial charge in [0.1, 0.15) is 6.54 Å². The highest BCUT2D eigenvalue weighted by Gasteiger charge is 2.24. The summed E-state index contributed by atoms with van der Waals surface area (Å²) in [6.07, 6.45) is 7.23. The zero-order valence-electron chi connectivity index (χ0n) is 11.9. The molecule has 1 atom stereocenters. The van der Waals surface area contributed by atoms with Crippen molar-refractivity contribution in [1.82, 2.24) is 15.1 Å². The molecule has 2 rings (SSSR count). The van der Waals surface area contributed by atoms with Gasteiger partial charge >= 0.3 is 5.82 Å². The molecule has 1 aromatic rings. The van der Waals surface area contributed by atoms with Crippen molar-refractivity contribution in [3.63, 3.8) is 0 Å². The Morgan fingerprint density at radius 3 is 2.81 bits per heavy atom. The lowest BCUT2D eigenvalue weighted by molar-refractivity contribution is -0.389. The van der Waals surface area contributed by atoms with Crippen LogP contribution in [0.1, 0.15) is 32.1 Å². The average molecular weight is 295 g/mol. The van der Waals surface area contributed by atoms with Gasteiger partial charge in [0.2, 0.25) is 5.91 Å². The van der Waals surface area contributed by atoms with E-state index in [2.05, 4.69) is 10.4 Å². The quantitative estimate of drug-likeness (QED) is 0.595. The highest BCUT2D eigenvalue weighted by atomic mass is 16.6. The Kier molecular flexibility index (Phi) is 5.26. The molecular formula is C13H21N5O3. The van der Waals surface area contributed by atoms with E-state index < -0.39 is 4.92 Å². The number of rotatable bonds is 6. The van der Waals surface area contributed by atoms with Gasteiger partial charge in [0.05, 0.1) is 17.4 Å². The number of carbonyl (C=O) groups excluding carboxylic acids is 1. The number of aromatic nitrogens is 2. The topological polar surface area (TPSA) is 116 Å². The predicted molar refractivity (Wildman–Crippen MR) is 76.4 cm³/mol. The molecule has 0 saturated heterocycles. The average Bonchev–Trinajstić information content (AvgIpc) is 2.94. The molecule has 1 heterocycles. The molecule has 0 bridgehead atoms. The zero-order chi connectivity index (χ0) is 15.2. The molecule has 0 aromatic carbocycles. The van der Waals surface area contributed by atoms with Crippen LogP contribution in [0.2, 0.25) is 0 Å². The van der Waals surface area contributed by atoms with Crippen LogP contribution >= 0.6 is 0 Å².